The lowest BCUT2D eigenvalue weighted by molar-refractivity contribution is 0.975. The maximum atomic E-state index is 7.29. The molecule has 0 aromatic heterocycles. The molecule has 0 bridgehead atoms. The molecule has 1 aromatic carbocycles. The number of aryl methyl sites for hydroxylation is 2. The van der Waals surface area contributed by atoms with Crippen molar-refractivity contribution in [1.82, 2.24) is 0 Å². The van der Waals surface area contributed by atoms with Gasteiger partial charge in [0.25, 0.3) is 0 Å². The number of nitrogens with two attached hydrogens (primary N) is 1. The van der Waals surface area contributed by atoms with Crippen molar-refractivity contribution in [3.63, 3.8) is 0 Å². The van der Waals surface area contributed by atoms with Gasteiger partial charge in [0.05, 0.1) is 0 Å². The van der Waals surface area contributed by atoms with Crippen LogP contribution in [-0.2, 0) is 0 Å². The van der Waals surface area contributed by atoms with Crippen molar-refractivity contribution in [2.45, 2.75) is 26.2 Å². The average Bonchev–Trinajstić information content (AvgIpc) is 3.04. The van der Waals surface area contributed by atoms with Crippen LogP contribution in [0.1, 0.15) is 29.0 Å². The third-order valence-electron chi connectivity index (χ3n) is 3.54. The Balaban J connectivity index is 2.17. The van der Waals surface area contributed by atoms with E-state index in [-0.39, 0.29) is 0 Å². The summed E-state index contributed by atoms with van der Waals surface area (Å²) in [6.45, 7) is 4.28. The van der Waals surface area contributed by atoms with Gasteiger partial charge in [-0.15, -0.1) is 0 Å². The van der Waals surface area contributed by atoms with Gasteiger partial charge in [-0.2, -0.15) is 0 Å². The van der Waals surface area contributed by atoms with Crippen LogP contribution in [0.15, 0.2) is 30.0 Å². The van der Waals surface area contributed by atoms with Crippen LogP contribution < -0.4 is 5.73 Å². The molecule has 3 N–H and O–H groups in total. The van der Waals surface area contributed by atoms with Crippen LogP contribution in [0.25, 0.3) is 0 Å². The highest BCUT2D eigenvalue weighted by atomic mass is 14.5. The number of hydrogen-bond acceptors (Lipinski definition) is 2. The molecule has 2 rings (SSSR count). The van der Waals surface area contributed by atoms with Crippen molar-refractivity contribution < 1.29 is 0 Å². The first-order valence-electron chi connectivity index (χ1n) is 5.66. The van der Waals surface area contributed by atoms with Crippen molar-refractivity contribution in [3.05, 3.63) is 46.7 Å². The highest BCUT2D eigenvalue weighted by Crippen LogP contribution is 2.51. The van der Waals surface area contributed by atoms with Gasteiger partial charge >= 0.3 is 0 Å². The monoisotopic (exact) mass is 214 g/mol. The van der Waals surface area contributed by atoms with Gasteiger partial charge in [0.1, 0.15) is 0 Å². The summed E-state index contributed by atoms with van der Waals surface area (Å²) in [5.74, 6) is 1.03. The molecule has 2 heteroatoms. The third-order valence-corrected chi connectivity index (χ3v) is 3.54. The lowest BCUT2D eigenvalue weighted by Gasteiger charge is -2.05. The Morgan fingerprint density at radius 3 is 2.69 bits per heavy atom. The zero-order valence-electron chi connectivity index (χ0n) is 9.83. The van der Waals surface area contributed by atoms with Crippen LogP contribution in [0.3, 0.4) is 0 Å². The highest BCUT2D eigenvalue weighted by molar-refractivity contribution is 5.77. The lowest BCUT2D eigenvalue weighted by Crippen LogP contribution is -1.95. The fourth-order valence-electron chi connectivity index (χ4n) is 2.21. The van der Waals surface area contributed by atoms with E-state index in [1.54, 1.807) is 6.20 Å². The number of hydrogen-bond donors (Lipinski definition) is 2. The Morgan fingerprint density at radius 2 is 2.12 bits per heavy atom. The van der Waals surface area contributed by atoms with Gasteiger partial charge in [-0.25, -0.2) is 0 Å². The van der Waals surface area contributed by atoms with Crippen molar-refractivity contribution in [3.8, 4) is 0 Å². The van der Waals surface area contributed by atoms with Crippen molar-refractivity contribution in [1.29, 1.82) is 5.41 Å². The SMILES string of the molecule is Cc1ccc(C2CC2/C(C=N)=C/N)cc1C. The van der Waals surface area contributed by atoms with E-state index in [2.05, 4.69) is 32.0 Å². The molecule has 1 aromatic rings. The van der Waals surface area contributed by atoms with Crippen molar-refractivity contribution >= 4 is 6.21 Å². The molecule has 0 heterocycles. The first kappa shape index (κ1) is 10.9. The van der Waals surface area contributed by atoms with Crippen LogP contribution in [0, 0.1) is 25.2 Å². The van der Waals surface area contributed by atoms with Gasteiger partial charge in [-0.3, -0.25) is 0 Å². The topological polar surface area (TPSA) is 49.9 Å². The molecule has 2 unspecified atom stereocenters. The van der Waals surface area contributed by atoms with E-state index in [0.717, 1.165) is 12.0 Å². The zero-order valence-corrected chi connectivity index (χ0v) is 9.83. The number of rotatable bonds is 3. The largest absolute Gasteiger partial charge is 0.404 e. The number of allylic oxidation sites excluding steroid dienone is 1. The Hall–Kier alpha value is -1.57. The first-order valence-corrected chi connectivity index (χ1v) is 5.66. The standard InChI is InChI=1S/C14H18N2/c1-9-3-4-11(5-10(9)2)13-6-14(13)12(7-15)8-16/h3-5,7-8,13-15H,6,16H2,1-2H3/b12-8+,15-7?. The summed E-state index contributed by atoms with van der Waals surface area (Å²) in [7, 11) is 0. The van der Waals surface area contributed by atoms with Crippen LogP contribution in [0.4, 0.5) is 0 Å². The fourth-order valence-corrected chi connectivity index (χ4v) is 2.21. The zero-order chi connectivity index (χ0) is 11.7. The molecule has 2 atom stereocenters. The normalized spacial score (nSPS) is 24.2. The predicted octanol–water partition coefficient (Wildman–Crippen LogP) is 2.90. The molecule has 0 spiro atoms. The molecule has 1 aliphatic rings. The van der Waals surface area contributed by atoms with Crippen LogP contribution in [-0.4, -0.2) is 6.21 Å². The number of nitrogens with one attached hydrogen (secondary N) is 1. The van der Waals surface area contributed by atoms with Gasteiger partial charge in [0.2, 0.25) is 0 Å². The van der Waals surface area contributed by atoms with Crippen LogP contribution in [0.5, 0.6) is 0 Å². The molecule has 1 fully saturated rings. The molecule has 0 radical (unpaired) electrons. The summed E-state index contributed by atoms with van der Waals surface area (Å²) in [6.07, 6.45) is 4.07. The van der Waals surface area contributed by atoms with E-state index < -0.39 is 0 Å². The second-order valence-corrected chi connectivity index (χ2v) is 4.60. The van der Waals surface area contributed by atoms with E-state index in [4.69, 9.17) is 11.1 Å². The predicted molar refractivity (Wildman–Crippen MR) is 67.8 cm³/mol. The molecular weight excluding hydrogens is 196 g/mol. The van der Waals surface area contributed by atoms with Crippen molar-refractivity contribution in [2.24, 2.45) is 11.7 Å². The van der Waals surface area contributed by atoms with Gasteiger partial charge in [0, 0.05) is 6.21 Å². The van der Waals surface area contributed by atoms with Crippen LogP contribution in [0.2, 0.25) is 0 Å². The summed E-state index contributed by atoms with van der Waals surface area (Å²) in [5.41, 5.74) is 10.5. The summed E-state index contributed by atoms with van der Waals surface area (Å²) in [6, 6.07) is 6.64. The van der Waals surface area contributed by atoms with E-state index in [9.17, 15) is 0 Å². The van der Waals surface area contributed by atoms with E-state index in [0.29, 0.717) is 11.8 Å². The van der Waals surface area contributed by atoms with Gasteiger partial charge < -0.3 is 11.1 Å². The maximum Gasteiger partial charge on any atom is 0.0227 e. The second-order valence-electron chi connectivity index (χ2n) is 4.60. The Morgan fingerprint density at radius 1 is 1.38 bits per heavy atom. The molecule has 0 amide bonds. The fraction of sp³-hybridized carbons (Fsp3) is 0.357. The Labute approximate surface area is 96.7 Å². The number of benzene rings is 1. The molecule has 1 saturated carbocycles. The van der Waals surface area contributed by atoms with E-state index in [1.807, 2.05) is 0 Å². The van der Waals surface area contributed by atoms with Gasteiger partial charge in [-0.05, 0) is 60.6 Å². The van der Waals surface area contributed by atoms with Crippen LogP contribution >= 0.6 is 0 Å². The highest BCUT2D eigenvalue weighted by Gasteiger charge is 2.40. The molecular formula is C14H18N2. The van der Waals surface area contributed by atoms with Gasteiger partial charge in [-0.1, -0.05) is 18.2 Å². The summed E-state index contributed by atoms with van der Waals surface area (Å²) < 4.78 is 0. The Kier molecular flexibility index (Phi) is 2.82. The summed E-state index contributed by atoms with van der Waals surface area (Å²) in [4.78, 5) is 0. The minimum Gasteiger partial charge on any atom is -0.404 e. The molecule has 16 heavy (non-hydrogen) atoms. The summed E-state index contributed by atoms with van der Waals surface area (Å²) >= 11 is 0. The quantitative estimate of drug-likeness (QED) is 0.747. The van der Waals surface area contributed by atoms with E-state index >= 15 is 0 Å². The van der Waals surface area contributed by atoms with Crippen molar-refractivity contribution in [2.75, 3.05) is 0 Å². The molecule has 1 aliphatic carbocycles. The molecule has 0 saturated heterocycles. The minimum absolute atomic E-state index is 0.463. The van der Waals surface area contributed by atoms with Gasteiger partial charge in [0.15, 0.2) is 0 Å². The molecule has 84 valence electrons. The molecule has 2 nitrogen and oxygen atoms in total. The first-order chi connectivity index (χ1) is 7.67. The van der Waals surface area contributed by atoms with E-state index in [1.165, 1.54) is 22.9 Å². The maximum absolute atomic E-state index is 7.29. The molecule has 0 aliphatic heterocycles. The average molecular weight is 214 g/mol. The summed E-state index contributed by atoms with van der Waals surface area (Å²) in [5, 5.41) is 7.29. The smallest absolute Gasteiger partial charge is 0.0227 e. The third kappa shape index (κ3) is 1.87. The second kappa shape index (κ2) is 4.12. The minimum atomic E-state index is 0.463. The lowest BCUT2D eigenvalue weighted by atomic mass is 10.0. The Bertz CT molecular complexity index is 446.